The monoisotopic (exact) mass is 620 g/mol. The molecule has 0 aromatic carbocycles. The van der Waals surface area contributed by atoms with Gasteiger partial charge < -0.3 is 20.6 Å². The van der Waals surface area contributed by atoms with Gasteiger partial charge in [0.25, 0.3) is 0 Å². The topological polar surface area (TPSA) is 89.8 Å². The molecule has 258 valence electrons. The Bertz CT molecular complexity index is 690. The molecule has 4 N–H and O–H groups in total. The van der Waals surface area contributed by atoms with Gasteiger partial charge >= 0.3 is 0 Å². The molecule has 0 radical (unpaired) electrons. The Morgan fingerprint density at radius 2 is 0.977 bits per heavy atom. The summed E-state index contributed by atoms with van der Waals surface area (Å²) < 4.78 is 0. The van der Waals surface area contributed by atoms with Gasteiger partial charge in [-0.3, -0.25) is 4.79 Å². The van der Waals surface area contributed by atoms with E-state index in [0.29, 0.717) is 6.42 Å². The van der Waals surface area contributed by atoms with Gasteiger partial charge in [-0.25, -0.2) is 0 Å². The molecule has 44 heavy (non-hydrogen) atoms. The van der Waals surface area contributed by atoms with Gasteiger partial charge in [-0.2, -0.15) is 0 Å². The van der Waals surface area contributed by atoms with Gasteiger partial charge in [-0.05, 0) is 44.9 Å². The molecule has 0 aromatic rings. The first kappa shape index (κ1) is 42.6. The van der Waals surface area contributed by atoms with Gasteiger partial charge in [0, 0.05) is 0 Å². The number of allylic oxidation sites excluding steroid dienone is 5. The van der Waals surface area contributed by atoms with E-state index in [0.717, 1.165) is 38.5 Å². The largest absolute Gasteiger partial charge is 0.394 e. The van der Waals surface area contributed by atoms with Crippen molar-refractivity contribution in [3.8, 4) is 0 Å². The maximum atomic E-state index is 12.4. The molecule has 0 bridgehead atoms. The molecular formula is C39H73NO4. The van der Waals surface area contributed by atoms with E-state index in [9.17, 15) is 20.1 Å². The van der Waals surface area contributed by atoms with Crippen LogP contribution in [0.1, 0.15) is 181 Å². The molecule has 0 aliphatic heterocycles. The number of amides is 1. The van der Waals surface area contributed by atoms with Gasteiger partial charge in [0.1, 0.15) is 0 Å². The second-order valence-electron chi connectivity index (χ2n) is 12.8. The number of aliphatic hydroxyl groups is 3. The number of carbonyl (C=O) groups is 1. The van der Waals surface area contributed by atoms with Crippen molar-refractivity contribution < 1.29 is 20.1 Å². The van der Waals surface area contributed by atoms with Gasteiger partial charge in [-0.15, -0.1) is 0 Å². The van der Waals surface area contributed by atoms with Crippen LogP contribution in [0.4, 0.5) is 0 Å². The first-order valence-corrected chi connectivity index (χ1v) is 18.8. The van der Waals surface area contributed by atoms with Crippen LogP contribution < -0.4 is 5.32 Å². The summed E-state index contributed by atoms with van der Waals surface area (Å²) in [6.07, 6.45) is 41.2. The van der Waals surface area contributed by atoms with Crippen LogP contribution in [0.3, 0.4) is 0 Å². The van der Waals surface area contributed by atoms with Crippen LogP contribution in [-0.4, -0.2) is 46.1 Å². The summed E-state index contributed by atoms with van der Waals surface area (Å²) in [6, 6.07) is -0.763. The van der Waals surface area contributed by atoms with Crippen molar-refractivity contribution in [3.63, 3.8) is 0 Å². The average Bonchev–Trinajstić information content (AvgIpc) is 3.01. The number of carbonyl (C=O) groups excluding carboxylic acids is 1. The molecule has 0 aliphatic rings. The van der Waals surface area contributed by atoms with Crippen molar-refractivity contribution in [2.75, 3.05) is 6.61 Å². The molecule has 0 rings (SSSR count). The molecule has 3 unspecified atom stereocenters. The Labute approximate surface area is 273 Å². The zero-order valence-electron chi connectivity index (χ0n) is 29.0. The first-order chi connectivity index (χ1) is 21.5. The summed E-state index contributed by atoms with van der Waals surface area (Å²) in [4.78, 5) is 12.4. The van der Waals surface area contributed by atoms with Crippen LogP contribution in [0.2, 0.25) is 0 Å². The highest BCUT2D eigenvalue weighted by atomic mass is 16.3. The van der Waals surface area contributed by atoms with E-state index in [2.05, 4.69) is 43.5 Å². The Kier molecular flexibility index (Phi) is 33.3. The van der Waals surface area contributed by atoms with Gasteiger partial charge in [-0.1, -0.05) is 166 Å². The SMILES string of the molecule is CCCCCC/C=C/CC/C=C/CC/C=C/C(O)C(CO)NC(=O)CC(O)CCCCCCCCCCCCCCCCC. The standard InChI is InChI=1S/C39H73NO4/c1-3-5-7-9-11-13-15-17-19-20-22-24-26-28-30-32-36(42)34-39(44)40-37(35-41)38(43)33-31-29-27-25-23-21-18-16-14-12-10-8-6-4-2/h14,16,23,25,31,33,36-38,41-43H,3-13,15,17-22,24,26-30,32,34-35H2,1-2H3,(H,40,44)/b16-14+,25-23+,33-31+. The fraction of sp³-hybridized carbons (Fsp3) is 0.821. The number of aliphatic hydroxyl groups excluding tert-OH is 3. The zero-order valence-corrected chi connectivity index (χ0v) is 29.0. The van der Waals surface area contributed by atoms with E-state index in [1.165, 1.54) is 116 Å². The number of hydrogen-bond acceptors (Lipinski definition) is 4. The number of nitrogens with one attached hydrogen (secondary N) is 1. The number of unbranched alkanes of at least 4 members (excludes halogenated alkanes) is 20. The number of hydrogen-bond donors (Lipinski definition) is 4. The van der Waals surface area contributed by atoms with Crippen LogP contribution >= 0.6 is 0 Å². The lowest BCUT2D eigenvalue weighted by Crippen LogP contribution is -2.45. The summed E-state index contributed by atoms with van der Waals surface area (Å²) in [6.45, 7) is 4.16. The Hall–Kier alpha value is -1.43. The third kappa shape index (κ3) is 30.6. The lowest BCUT2D eigenvalue weighted by molar-refractivity contribution is -0.124. The Balaban J connectivity index is 3.79. The second-order valence-corrected chi connectivity index (χ2v) is 12.8. The van der Waals surface area contributed by atoms with Crippen molar-refractivity contribution in [1.29, 1.82) is 0 Å². The minimum Gasteiger partial charge on any atom is -0.394 e. The van der Waals surface area contributed by atoms with E-state index in [4.69, 9.17) is 0 Å². The maximum absolute atomic E-state index is 12.4. The minimum atomic E-state index is -0.955. The molecule has 0 heterocycles. The van der Waals surface area contributed by atoms with E-state index in [-0.39, 0.29) is 18.9 Å². The number of rotatable bonds is 33. The normalized spacial score (nSPS) is 14.2. The lowest BCUT2D eigenvalue weighted by atomic mass is 10.0. The summed E-state index contributed by atoms with van der Waals surface area (Å²) >= 11 is 0. The molecule has 0 saturated heterocycles. The molecular weight excluding hydrogens is 546 g/mol. The summed E-state index contributed by atoms with van der Waals surface area (Å²) in [5.41, 5.74) is 0. The molecule has 1 amide bonds. The van der Waals surface area contributed by atoms with Gasteiger partial charge in [0.2, 0.25) is 5.91 Å². The van der Waals surface area contributed by atoms with E-state index >= 15 is 0 Å². The molecule has 0 saturated carbocycles. The summed E-state index contributed by atoms with van der Waals surface area (Å²) in [5, 5.41) is 33.0. The van der Waals surface area contributed by atoms with E-state index in [1.54, 1.807) is 6.08 Å². The molecule has 3 atom stereocenters. The average molecular weight is 620 g/mol. The fourth-order valence-corrected chi connectivity index (χ4v) is 5.49. The highest BCUT2D eigenvalue weighted by molar-refractivity contribution is 5.76. The van der Waals surface area contributed by atoms with Gasteiger partial charge in [0.15, 0.2) is 0 Å². The molecule has 0 aromatic heterocycles. The summed E-state index contributed by atoms with van der Waals surface area (Å²) in [5.74, 6) is -0.331. The third-order valence-electron chi connectivity index (χ3n) is 8.41. The maximum Gasteiger partial charge on any atom is 0.222 e. The Morgan fingerprint density at radius 3 is 1.45 bits per heavy atom. The lowest BCUT2D eigenvalue weighted by Gasteiger charge is -2.21. The summed E-state index contributed by atoms with van der Waals surface area (Å²) in [7, 11) is 0. The molecule has 5 nitrogen and oxygen atoms in total. The van der Waals surface area contributed by atoms with Crippen LogP contribution in [0.25, 0.3) is 0 Å². The molecule has 0 spiro atoms. The van der Waals surface area contributed by atoms with E-state index < -0.39 is 18.2 Å². The Morgan fingerprint density at radius 1 is 0.568 bits per heavy atom. The van der Waals surface area contributed by atoms with Crippen molar-refractivity contribution in [3.05, 3.63) is 36.5 Å². The van der Waals surface area contributed by atoms with Crippen LogP contribution in [-0.2, 0) is 4.79 Å². The minimum absolute atomic E-state index is 0.00434. The zero-order chi connectivity index (χ0) is 32.4. The second kappa shape index (κ2) is 34.4. The van der Waals surface area contributed by atoms with E-state index in [1.807, 2.05) is 6.08 Å². The quantitative estimate of drug-likeness (QED) is 0.0435. The molecule has 0 fully saturated rings. The van der Waals surface area contributed by atoms with Crippen molar-refractivity contribution in [2.24, 2.45) is 0 Å². The predicted octanol–water partition coefficient (Wildman–Crippen LogP) is 10.0. The molecule has 0 aliphatic carbocycles. The van der Waals surface area contributed by atoms with Crippen LogP contribution in [0, 0.1) is 0 Å². The van der Waals surface area contributed by atoms with Crippen molar-refractivity contribution in [2.45, 2.75) is 199 Å². The van der Waals surface area contributed by atoms with Crippen molar-refractivity contribution >= 4 is 5.91 Å². The highest BCUT2D eigenvalue weighted by Crippen LogP contribution is 2.15. The fourth-order valence-electron chi connectivity index (χ4n) is 5.49. The third-order valence-corrected chi connectivity index (χ3v) is 8.41. The highest BCUT2D eigenvalue weighted by Gasteiger charge is 2.20. The predicted molar refractivity (Wildman–Crippen MR) is 190 cm³/mol. The van der Waals surface area contributed by atoms with Crippen LogP contribution in [0.5, 0.6) is 0 Å². The smallest absolute Gasteiger partial charge is 0.222 e. The van der Waals surface area contributed by atoms with Crippen molar-refractivity contribution in [1.82, 2.24) is 5.32 Å². The van der Waals surface area contributed by atoms with Gasteiger partial charge in [0.05, 0.1) is 31.3 Å². The first-order valence-electron chi connectivity index (χ1n) is 18.8. The van der Waals surface area contributed by atoms with Crippen LogP contribution in [0.15, 0.2) is 36.5 Å². The molecule has 5 heteroatoms.